The van der Waals surface area contributed by atoms with Gasteiger partial charge in [0.05, 0.1) is 255 Å². The Kier molecular flexibility index (Phi) is 26.8. The predicted molar refractivity (Wildman–Crippen MR) is 439 cm³/mol. The number of aromatic nitrogens is 28. The van der Waals surface area contributed by atoms with Crippen LogP contribution in [0.1, 0.15) is 145 Å². The zero-order valence-corrected chi connectivity index (χ0v) is 67.8. The number of methoxy groups -OCH3 is 2. The summed E-state index contributed by atoms with van der Waals surface area (Å²) in [6, 6.07) is 9.33. The van der Waals surface area contributed by atoms with E-state index in [9.17, 15) is 20.4 Å². The van der Waals surface area contributed by atoms with Crippen LogP contribution in [-0.4, -0.2) is 209 Å². The fraction of sp³-hybridized carbons (Fsp3) is 0.415. The summed E-state index contributed by atoms with van der Waals surface area (Å²) in [5.74, 6) is 0. The maximum atomic E-state index is 9.95. The lowest BCUT2D eigenvalue weighted by Gasteiger charge is -2.12. The number of ether oxygens (including phenoxy) is 2. The Morgan fingerprint density at radius 3 is 0.724 bits per heavy atom. The van der Waals surface area contributed by atoms with E-state index >= 15 is 0 Å². The molecule has 16 aromatic rings. The molecule has 34 heteroatoms. The zero-order chi connectivity index (χ0) is 81.5. The van der Waals surface area contributed by atoms with E-state index in [1.165, 1.54) is 0 Å². The van der Waals surface area contributed by atoms with E-state index in [-0.39, 0.29) is 13.2 Å². The van der Waals surface area contributed by atoms with Crippen LogP contribution in [0.3, 0.4) is 0 Å². The Bertz CT molecular complexity index is 5410. The van der Waals surface area contributed by atoms with Crippen molar-refractivity contribution in [3.8, 4) is 90.1 Å². The molecule has 0 fully saturated rings. The van der Waals surface area contributed by atoms with Gasteiger partial charge in [0.15, 0.2) is 0 Å². The van der Waals surface area contributed by atoms with E-state index in [1.807, 2.05) is 135 Å². The van der Waals surface area contributed by atoms with E-state index in [4.69, 9.17) is 29.4 Å². The number of nitrogens with zero attached hydrogens (tertiary/aromatic N) is 28. The summed E-state index contributed by atoms with van der Waals surface area (Å²) in [6.07, 6.45) is 51.0. The van der Waals surface area contributed by atoms with Crippen LogP contribution in [0.4, 0.5) is 0 Å². The molecule has 34 nitrogen and oxygen atoms in total. The molecule has 4 N–H and O–H groups in total. The summed E-state index contributed by atoms with van der Waals surface area (Å²) in [4.78, 5) is 19.6. The number of aliphatic hydroxyl groups excluding tert-OH is 4. The lowest BCUT2D eigenvalue weighted by molar-refractivity contribution is 0.0513. The number of fused-ring (bicyclic) bond motifs is 4. The average Bonchev–Trinajstić information content (AvgIpc) is 1.56. The molecule has 608 valence electrons. The van der Waals surface area contributed by atoms with Gasteiger partial charge in [-0.3, -0.25) is 37.5 Å². The minimum Gasteiger partial charge on any atom is -0.391 e. The number of hydrogen-bond acceptors (Lipinski definition) is 22. The van der Waals surface area contributed by atoms with Crippen LogP contribution in [0, 0.1) is 0 Å². The van der Waals surface area contributed by atoms with Gasteiger partial charge in [-0.1, -0.05) is 55.4 Å². The Morgan fingerprint density at radius 2 is 0.509 bits per heavy atom. The van der Waals surface area contributed by atoms with Crippen molar-refractivity contribution in [3.63, 3.8) is 0 Å². The van der Waals surface area contributed by atoms with Crippen LogP contribution in [0.2, 0.25) is 0 Å². The first-order valence-electron chi connectivity index (χ1n) is 39.8. The largest absolute Gasteiger partial charge is 0.391 e. The van der Waals surface area contributed by atoms with Gasteiger partial charge in [-0.2, -0.15) is 61.2 Å². The average molecular weight is 1580 g/mol. The summed E-state index contributed by atoms with van der Waals surface area (Å²) < 4.78 is 32.2. The molecule has 0 spiro atoms. The maximum absolute atomic E-state index is 9.95. The van der Waals surface area contributed by atoms with Crippen molar-refractivity contribution in [1.82, 2.24) is 137 Å². The van der Waals surface area contributed by atoms with Gasteiger partial charge in [-0.15, -0.1) is 0 Å². The van der Waals surface area contributed by atoms with E-state index in [2.05, 4.69) is 141 Å². The van der Waals surface area contributed by atoms with Crippen molar-refractivity contribution in [3.05, 3.63) is 173 Å². The predicted octanol–water partition coefficient (Wildman–Crippen LogP) is 12.0. The normalized spacial score (nSPS) is 12.9. The molecule has 0 bridgehead atoms. The van der Waals surface area contributed by atoms with Crippen LogP contribution in [-0.2, 0) is 35.7 Å². The molecule has 0 aromatic carbocycles. The highest BCUT2D eigenvalue weighted by Crippen LogP contribution is 2.34. The van der Waals surface area contributed by atoms with Gasteiger partial charge in [-0.05, 0) is 89.5 Å². The topological polar surface area (TPSA) is 363 Å². The Balaban J connectivity index is 0.000000135. The summed E-state index contributed by atoms with van der Waals surface area (Å²) in [6.45, 7) is 23.0. The van der Waals surface area contributed by atoms with Gasteiger partial charge in [0.25, 0.3) is 0 Å². The molecule has 0 unspecified atom stereocenters. The van der Waals surface area contributed by atoms with Crippen molar-refractivity contribution in [2.75, 3.05) is 27.4 Å². The van der Waals surface area contributed by atoms with Crippen LogP contribution in [0.25, 0.3) is 112 Å². The van der Waals surface area contributed by atoms with Crippen molar-refractivity contribution >= 4 is 22.1 Å². The molecule has 0 saturated carbocycles. The van der Waals surface area contributed by atoms with Gasteiger partial charge in [0.1, 0.15) is 0 Å². The zero-order valence-electron chi connectivity index (χ0n) is 67.8. The molecule has 116 heavy (non-hydrogen) atoms. The van der Waals surface area contributed by atoms with Gasteiger partial charge in [0.2, 0.25) is 0 Å². The molecule has 16 aromatic heterocycles. The molecule has 16 rings (SSSR count). The maximum Gasteiger partial charge on any atom is 0.0999 e. The molecule has 4 atom stereocenters. The molecule has 0 aliphatic carbocycles. The molecule has 0 saturated heterocycles. The number of rotatable bonds is 32. The van der Waals surface area contributed by atoms with Crippen molar-refractivity contribution in [2.24, 2.45) is 0 Å². The molecule has 0 amide bonds. The van der Waals surface area contributed by atoms with Crippen molar-refractivity contribution < 1.29 is 29.9 Å². The summed E-state index contributed by atoms with van der Waals surface area (Å²) >= 11 is 0. The quantitative estimate of drug-likeness (QED) is 0.0304. The summed E-state index contributed by atoms with van der Waals surface area (Å²) in [5.41, 5.74) is 17.4. The van der Waals surface area contributed by atoms with Crippen LogP contribution < -0.4 is 0 Å². The molecule has 0 aliphatic rings. The molecular weight excluding hydrogens is 1470 g/mol. The smallest absolute Gasteiger partial charge is 0.0999 e. The van der Waals surface area contributed by atoms with E-state index in [1.54, 1.807) is 96.4 Å². The van der Waals surface area contributed by atoms with Gasteiger partial charge >= 0.3 is 0 Å². The number of hydrogen-bond donors (Lipinski definition) is 4. The second kappa shape index (κ2) is 37.9. The Labute approximate surface area is 671 Å². The first-order valence-corrected chi connectivity index (χ1v) is 39.8. The third kappa shape index (κ3) is 19.0. The minimum absolute atomic E-state index is 0.261. The first kappa shape index (κ1) is 81.9. The minimum atomic E-state index is -0.615. The third-order valence-electron chi connectivity index (χ3n) is 20.5. The van der Waals surface area contributed by atoms with E-state index < -0.39 is 24.4 Å². The second-order valence-electron chi connectivity index (χ2n) is 29.0. The molecule has 16 heterocycles. The molecule has 0 aliphatic heterocycles. The first-order chi connectivity index (χ1) is 56.4. The fourth-order valence-corrected chi connectivity index (χ4v) is 14.3. The van der Waals surface area contributed by atoms with Crippen molar-refractivity contribution in [2.45, 2.75) is 195 Å². The second-order valence-corrected chi connectivity index (χ2v) is 29.0. The third-order valence-corrected chi connectivity index (χ3v) is 20.5. The molecular formula is C82H104N28O6. The highest BCUT2D eigenvalue weighted by Gasteiger charge is 2.23. The highest BCUT2D eigenvalue weighted by atomic mass is 16.5. The lowest BCUT2D eigenvalue weighted by atomic mass is 10.1. The fourth-order valence-electron chi connectivity index (χ4n) is 14.3. The summed E-state index contributed by atoms with van der Waals surface area (Å²) in [5, 5.41) is 92.3. The SMILES string of the molecule is CCC(CC)n1cc(-c2nc(-c3cnn(C[C@@H](C)O)c3)cn3nccc23)cn1.CCC(CC)n1cc(-c2nc(-c3cnn(C[C@@H](O)COC)c3)cn3nccc23)cn1.CCC(CC)n1cc(-c2nc(-c3cnn(C[C@H](C)O)c3)cn3nccc23)cn1.CCC(CC)n1cc(-c2nc(-c3cnn(C[C@H](O)COC)c3)cn3nccc23)cn1. The van der Waals surface area contributed by atoms with E-state index in [0.29, 0.717) is 50.3 Å². The van der Waals surface area contributed by atoms with Gasteiger partial charge in [0, 0.05) is 108 Å². The van der Waals surface area contributed by atoms with Crippen LogP contribution in [0.5, 0.6) is 0 Å². The Morgan fingerprint density at radius 1 is 0.284 bits per heavy atom. The standard InChI is InChI=1S/2C21H27N7O2.2C20H25N7O/c2*1-4-17(5-2)27-11-16(9-24-27)21-20-6-7-22-28(20)13-19(25-21)15-8-23-26(10-15)12-18(29)14-30-3;2*1-4-17(5-2)26-12-16(9-23-26)20-19-6-7-21-27(19)13-18(24-20)15-8-22-25(11-15)10-14(3)28/h2*6-11,13,17-18,29H,4-5,12,14H2,1-3H3;2*6-9,11-14,17,28H,4-5,10H2,1-3H3/t2*18-;2*14-/m1010/s1. The number of aliphatic hydroxyl groups is 4. The van der Waals surface area contributed by atoms with Crippen molar-refractivity contribution in [1.29, 1.82) is 0 Å². The Hall–Kier alpha value is -12.1. The molecule has 0 radical (unpaired) electrons. The van der Waals surface area contributed by atoms with E-state index in [0.717, 1.165) is 163 Å². The van der Waals surface area contributed by atoms with Gasteiger partial charge in [-0.25, -0.2) is 38.0 Å². The lowest BCUT2D eigenvalue weighted by Crippen LogP contribution is -2.21. The van der Waals surface area contributed by atoms with Gasteiger partial charge < -0.3 is 29.9 Å². The van der Waals surface area contributed by atoms with Crippen LogP contribution in [0.15, 0.2) is 173 Å². The summed E-state index contributed by atoms with van der Waals surface area (Å²) in [7, 11) is 3.13. The van der Waals surface area contributed by atoms with Crippen LogP contribution >= 0.6 is 0 Å². The monoisotopic (exact) mass is 1580 g/mol. The highest BCUT2D eigenvalue weighted by molar-refractivity contribution is 5.81.